The summed E-state index contributed by atoms with van der Waals surface area (Å²) in [6.45, 7) is 0.227. The van der Waals surface area contributed by atoms with Crippen molar-refractivity contribution in [3.05, 3.63) is 29.6 Å². The Balaban J connectivity index is 2.10. The van der Waals surface area contributed by atoms with Crippen molar-refractivity contribution < 1.29 is 28.6 Å². The molecule has 1 aliphatic heterocycles. The van der Waals surface area contributed by atoms with Gasteiger partial charge in [0.1, 0.15) is 6.04 Å². The first-order chi connectivity index (χ1) is 10.5. The first kappa shape index (κ1) is 16.2. The van der Waals surface area contributed by atoms with Gasteiger partial charge in [0, 0.05) is 20.1 Å². The Morgan fingerprint density at radius 3 is 2.68 bits per heavy atom. The molecule has 1 amide bonds. The largest absolute Gasteiger partial charge is 0.494 e. The van der Waals surface area contributed by atoms with Gasteiger partial charge in [0.15, 0.2) is 11.6 Å². The molecule has 0 spiro atoms. The van der Waals surface area contributed by atoms with E-state index in [4.69, 9.17) is 9.47 Å². The molecule has 1 aromatic rings. The van der Waals surface area contributed by atoms with Crippen molar-refractivity contribution in [2.75, 3.05) is 20.8 Å². The maximum Gasteiger partial charge on any atom is 0.326 e. The summed E-state index contributed by atoms with van der Waals surface area (Å²) < 4.78 is 23.6. The number of amides is 1. The third-order valence-electron chi connectivity index (χ3n) is 3.77. The highest BCUT2D eigenvalue weighted by atomic mass is 19.1. The molecule has 0 radical (unpaired) electrons. The van der Waals surface area contributed by atoms with E-state index in [0.29, 0.717) is 5.56 Å². The van der Waals surface area contributed by atoms with Crippen molar-refractivity contribution in [3.8, 4) is 5.75 Å². The second kappa shape index (κ2) is 6.74. The Kier molecular flexibility index (Phi) is 4.97. The molecule has 2 unspecified atom stereocenters. The van der Waals surface area contributed by atoms with E-state index in [1.165, 1.54) is 31.3 Å². The Bertz CT molecular complexity index is 577. The van der Waals surface area contributed by atoms with Crippen LogP contribution in [0.25, 0.3) is 0 Å². The average Bonchev–Trinajstić information content (AvgIpc) is 2.92. The van der Waals surface area contributed by atoms with Gasteiger partial charge in [0.05, 0.1) is 19.6 Å². The highest BCUT2D eigenvalue weighted by Gasteiger charge is 2.39. The van der Waals surface area contributed by atoms with Gasteiger partial charge in [-0.3, -0.25) is 4.79 Å². The minimum atomic E-state index is -1.06. The zero-order valence-corrected chi connectivity index (χ0v) is 12.4. The fourth-order valence-electron chi connectivity index (χ4n) is 2.57. The summed E-state index contributed by atoms with van der Waals surface area (Å²) in [5, 5.41) is 9.20. The van der Waals surface area contributed by atoms with E-state index in [1.54, 1.807) is 6.07 Å². The predicted octanol–water partition coefficient (Wildman–Crippen LogP) is 1.08. The zero-order valence-electron chi connectivity index (χ0n) is 12.4. The van der Waals surface area contributed by atoms with Crippen LogP contribution in [0.15, 0.2) is 18.2 Å². The molecule has 0 saturated carbocycles. The van der Waals surface area contributed by atoms with Crippen LogP contribution in [0.5, 0.6) is 5.75 Å². The molecule has 1 aromatic carbocycles. The molecule has 7 heteroatoms. The third-order valence-corrected chi connectivity index (χ3v) is 3.77. The highest BCUT2D eigenvalue weighted by molar-refractivity contribution is 5.85. The SMILES string of the molecule is COc1ccc(CC(=O)N2CC(OC)CC2C(=O)O)cc1F. The molecule has 120 valence electrons. The molecule has 6 nitrogen and oxygen atoms in total. The van der Waals surface area contributed by atoms with E-state index in [1.807, 2.05) is 0 Å². The summed E-state index contributed by atoms with van der Waals surface area (Å²) in [5.74, 6) is -1.88. The van der Waals surface area contributed by atoms with Gasteiger partial charge >= 0.3 is 5.97 Å². The molecule has 0 aliphatic carbocycles. The van der Waals surface area contributed by atoms with Crippen LogP contribution in [0.3, 0.4) is 0 Å². The van der Waals surface area contributed by atoms with Crippen LogP contribution in [0.2, 0.25) is 0 Å². The quantitative estimate of drug-likeness (QED) is 0.880. The molecule has 1 saturated heterocycles. The molecule has 1 heterocycles. The lowest BCUT2D eigenvalue weighted by Crippen LogP contribution is -2.41. The first-order valence-electron chi connectivity index (χ1n) is 6.83. The molecular weight excluding hydrogens is 293 g/mol. The summed E-state index contributed by atoms with van der Waals surface area (Å²) in [7, 11) is 2.84. The summed E-state index contributed by atoms with van der Waals surface area (Å²) in [4.78, 5) is 24.8. The number of carbonyl (C=O) groups is 2. The van der Waals surface area contributed by atoms with Gasteiger partial charge in [-0.15, -0.1) is 0 Å². The Hall–Kier alpha value is -2.15. The number of aliphatic carboxylic acids is 1. The van der Waals surface area contributed by atoms with E-state index in [-0.39, 0.29) is 37.1 Å². The number of hydrogen-bond donors (Lipinski definition) is 1. The van der Waals surface area contributed by atoms with E-state index in [9.17, 15) is 19.1 Å². The van der Waals surface area contributed by atoms with Gasteiger partial charge in [-0.05, 0) is 17.7 Å². The Morgan fingerprint density at radius 2 is 2.14 bits per heavy atom. The number of hydrogen-bond acceptors (Lipinski definition) is 4. The molecule has 1 N–H and O–H groups in total. The van der Waals surface area contributed by atoms with Crippen LogP contribution in [-0.2, 0) is 20.7 Å². The molecule has 2 atom stereocenters. The molecule has 2 rings (SSSR count). The van der Waals surface area contributed by atoms with Gasteiger partial charge in [0.2, 0.25) is 5.91 Å². The average molecular weight is 311 g/mol. The summed E-state index contributed by atoms with van der Waals surface area (Å²) in [5.41, 5.74) is 0.466. The monoisotopic (exact) mass is 311 g/mol. The Morgan fingerprint density at radius 1 is 1.41 bits per heavy atom. The van der Waals surface area contributed by atoms with Crippen LogP contribution in [0.1, 0.15) is 12.0 Å². The smallest absolute Gasteiger partial charge is 0.326 e. The summed E-state index contributed by atoms with van der Waals surface area (Å²) in [6, 6.07) is 3.34. The van der Waals surface area contributed by atoms with Crippen molar-refractivity contribution in [2.24, 2.45) is 0 Å². The standard InChI is InChI=1S/C15H18FNO5/c1-21-10-7-12(15(19)20)17(8-10)14(18)6-9-3-4-13(22-2)11(16)5-9/h3-5,10,12H,6-8H2,1-2H3,(H,19,20). The van der Waals surface area contributed by atoms with E-state index < -0.39 is 17.8 Å². The number of halogens is 1. The van der Waals surface area contributed by atoms with Crippen molar-refractivity contribution >= 4 is 11.9 Å². The van der Waals surface area contributed by atoms with Gasteiger partial charge in [-0.2, -0.15) is 0 Å². The minimum absolute atomic E-state index is 0.0683. The topological polar surface area (TPSA) is 76.1 Å². The van der Waals surface area contributed by atoms with E-state index in [0.717, 1.165) is 0 Å². The molecular formula is C15H18FNO5. The second-order valence-electron chi connectivity index (χ2n) is 5.14. The van der Waals surface area contributed by atoms with E-state index >= 15 is 0 Å². The highest BCUT2D eigenvalue weighted by Crippen LogP contribution is 2.23. The van der Waals surface area contributed by atoms with Crippen LogP contribution >= 0.6 is 0 Å². The lowest BCUT2D eigenvalue weighted by Gasteiger charge is -2.21. The molecule has 0 aromatic heterocycles. The minimum Gasteiger partial charge on any atom is -0.494 e. The van der Waals surface area contributed by atoms with Crippen LogP contribution in [0.4, 0.5) is 4.39 Å². The van der Waals surface area contributed by atoms with Gasteiger partial charge < -0.3 is 19.5 Å². The maximum atomic E-state index is 13.6. The number of carbonyl (C=O) groups excluding carboxylic acids is 1. The van der Waals surface area contributed by atoms with Crippen molar-refractivity contribution in [2.45, 2.75) is 25.0 Å². The Labute approximate surface area is 127 Å². The van der Waals surface area contributed by atoms with Gasteiger partial charge in [-0.1, -0.05) is 6.07 Å². The number of carboxylic acids is 1. The van der Waals surface area contributed by atoms with Gasteiger partial charge in [0.25, 0.3) is 0 Å². The molecule has 0 bridgehead atoms. The zero-order chi connectivity index (χ0) is 16.3. The lowest BCUT2D eigenvalue weighted by atomic mass is 10.1. The lowest BCUT2D eigenvalue weighted by molar-refractivity contribution is -0.148. The van der Waals surface area contributed by atoms with E-state index in [2.05, 4.69) is 0 Å². The van der Waals surface area contributed by atoms with Crippen molar-refractivity contribution in [3.63, 3.8) is 0 Å². The fourth-order valence-corrected chi connectivity index (χ4v) is 2.57. The number of rotatable bonds is 5. The van der Waals surface area contributed by atoms with Crippen LogP contribution in [0, 0.1) is 5.82 Å². The van der Waals surface area contributed by atoms with Gasteiger partial charge in [-0.25, -0.2) is 9.18 Å². The fraction of sp³-hybridized carbons (Fsp3) is 0.467. The maximum absolute atomic E-state index is 13.6. The number of carboxylic acid groups (broad SMARTS) is 1. The number of nitrogens with zero attached hydrogens (tertiary/aromatic N) is 1. The summed E-state index contributed by atoms with van der Waals surface area (Å²) >= 11 is 0. The predicted molar refractivity (Wildman–Crippen MR) is 75.2 cm³/mol. The second-order valence-corrected chi connectivity index (χ2v) is 5.14. The van der Waals surface area contributed by atoms with Crippen LogP contribution in [-0.4, -0.2) is 54.8 Å². The number of likely N-dealkylation sites (tertiary alicyclic amines) is 1. The number of ether oxygens (including phenoxy) is 2. The summed E-state index contributed by atoms with van der Waals surface area (Å²) in [6.07, 6.45) is -0.104. The normalized spacial score (nSPS) is 21.0. The number of methoxy groups -OCH3 is 2. The third kappa shape index (κ3) is 3.36. The molecule has 22 heavy (non-hydrogen) atoms. The first-order valence-corrected chi connectivity index (χ1v) is 6.83. The molecule has 1 aliphatic rings. The van der Waals surface area contributed by atoms with Crippen molar-refractivity contribution in [1.82, 2.24) is 4.90 Å². The molecule has 1 fully saturated rings. The van der Waals surface area contributed by atoms with Crippen molar-refractivity contribution in [1.29, 1.82) is 0 Å². The van der Waals surface area contributed by atoms with Crippen LogP contribution < -0.4 is 4.74 Å². The number of benzene rings is 1.